The third-order valence-electron chi connectivity index (χ3n) is 2.10. The molecule has 96 valence electrons. The molecule has 1 rings (SSSR count). The number of likely N-dealkylation sites (N-methyl/N-ethyl adjacent to an activating group) is 1. The van der Waals surface area contributed by atoms with Crippen LogP contribution in [0.4, 0.5) is 0 Å². The van der Waals surface area contributed by atoms with Gasteiger partial charge < -0.3 is 10.5 Å². The van der Waals surface area contributed by atoms with Gasteiger partial charge in [0.2, 0.25) is 0 Å². The molecule has 0 saturated heterocycles. The summed E-state index contributed by atoms with van der Waals surface area (Å²) in [4.78, 5) is 0.801. The smallest absolute Gasteiger partial charge is 0.252 e. The molecule has 1 heterocycles. The van der Waals surface area contributed by atoms with Gasteiger partial charge in [-0.15, -0.1) is 11.3 Å². The minimum atomic E-state index is -3.47. The van der Waals surface area contributed by atoms with Gasteiger partial charge in [0.1, 0.15) is 9.20 Å². The lowest BCUT2D eigenvalue weighted by molar-refractivity contribution is 0.185. The minimum absolute atomic E-state index is 0.205. The van der Waals surface area contributed by atoms with Crippen LogP contribution >= 0.6 is 23.6 Å². The summed E-state index contributed by atoms with van der Waals surface area (Å²) in [5.41, 5.74) is 5.44. The zero-order valence-corrected chi connectivity index (χ0v) is 12.0. The van der Waals surface area contributed by atoms with E-state index in [-0.39, 0.29) is 9.20 Å². The van der Waals surface area contributed by atoms with Crippen molar-refractivity contribution in [1.82, 2.24) is 4.31 Å². The summed E-state index contributed by atoms with van der Waals surface area (Å²) in [6, 6.07) is 3.13. The second-order valence-corrected chi connectivity index (χ2v) is 7.10. The van der Waals surface area contributed by atoms with Crippen molar-refractivity contribution in [2.24, 2.45) is 5.73 Å². The Labute approximate surface area is 110 Å². The highest BCUT2D eigenvalue weighted by Gasteiger charge is 2.22. The Balaban J connectivity index is 2.92. The lowest BCUT2D eigenvalue weighted by Crippen LogP contribution is -2.29. The Kier molecular flexibility index (Phi) is 5.02. The average molecular weight is 294 g/mol. The van der Waals surface area contributed by atoms with E-state index in [1.165, 1.54) is 24.5 Å². The van der Waals surface area contributed by atoms with Crippen LogP contribution in [0.25, 0.3) is 0 Å². The van der Waals surface area contributed by atoms with Gasteiger partial charge in [0, 0.05) is 20.7 Å². The maximum absolute atomic E-state index is 12.1. The van der Waals surface area contributed by atoms with Crippen LogP contribution in [0, 0.1) is 0 Å². The zero-order valence-electron chi connectivity index (χ0n) is 9.54. The lowest BCUT2D eigenvalue weighted by Gasteiger charge is -2.14. The van der Waals surface area contributed by atoms with Gasteiger partial charge in [0.15, 0.2) is 0 Å². The van der Waals surface area contributed by atoms with Gasteiger partial charge in [-0.2, -0.15) is 4.31 Å². The molecule has 0 atom stereocenters. The summed E-state index contributed by atoms with van der Waals surface area (Å²) in [5, 5.41) is 0. The standard InChI is InChI=1S/C9H14N2O3S3/c1-11(5-6-14-2)17(12,13)8-4-3-7(16-8)9(10)15/h3-4H,5-6H2,1-2H3,(H2,10,15). The average Bonchev–Trinajstić information content (AvgIpc) is 2.75. The van der Waals surface area contributed by atoms with Crippen molar-refractivity contribution in [1.29, 1.82) is 0 Å². The predicted molar refractivity (Wildman–Crippen MR) is 71.9 cm³/mol. The van der Waals surface area contributed by atoms with Crippen LogP contribution in [0.3, 0.4) is 0 Å². The molecule has 1 aromatic rings. The normalized spacial score (nSPS) is 11.9. The third kappa shape index (κ3) is 3.46. The summed E-state index contributed by atoms with van der Waals surface area (Å²) in [6.45, 7) is 0.655. The molecule has 2 N–H and O–H groups in total. The molecule has 17 heavy (non-hydrogen) atoms. The second kappa shape index (κ2) is 5.87. The number of nitrogens with zero attached hydrogens (tertiary/aromatic N) is 1. The van der Waals surface area contributed by atoms with Crippen LogP contribution in [0.2, 0.25) is 0 Å². The topological polar surface area (TPSA) is 72.6 Å². The van der Waals surface area contributed by atoms with Crippen LogP contribution < -0.4 is 5.73 Å². The van der Waals surface area contributed by atoms with Crippen molar-refractivity contribution < 1.29 is 13.2 Å². The monoisotopic (exact) mass is 294 g/mol. The fraction of sp³-hybridized carbons (Fsp3) is 0.444. The molecule has 0 spiro atoms. The first-order valence-electron chi connectivity index (χ1n) is 4.74. The molecule has 5 nitrogen and oxygen atoms in total. The van der Waals surface area contributed by atoms with Gasteiger partial charge in [-0.25, -0.2) is 8.42 Å². The number of ether oxygens (including phenoxy) is 1. The zero-order chi connectivity index (χ0) is 13.1. The largest absolute Gasteiger partial charge is 0.389 e. The lowest BCUT2D eigenvalue weighted by atomic mass is 10.5. The quantitative estimate of drug-likeness (QED) is 0.780. The Morgan fingerprint density at radius 3 is 2.71 bits per heavy atom. The van der Waals surface area contributed by atoms with Crippen molar-refractivity contribution in [3.05, 3.63) is 17.0 Å². The highest BCUT2D eigenvalue weighted by molar-refractivity contribution is 7.91. The van der Waals surface area contributed by atoms with Crippen molar-refractivity contribution in [3.63, 3.8) is 0 Å². The van der Waals surface area contributed by atoms with Crippen LogP contribution in [0.1, 0.15) is 4.88 Å². The number of thiophene rings is 1. The van der Waals surface area contributed by atoms with Crippen molar-refractivity contribution >= 4 is 38.6 Å². The third-order valence-corrected chi connectivity index (χ3v) is 5.89. The van der Waals surface area contributed by atoms with Gasteiger partial charge in [0.25, 0.3) is 10.0 Å². The summed E-state index contributed by atoms with van der Waals surface area (Å²) < 4.78 is 30.5. The first kappa shape index (κ1) is 14.5. The van der Waals surface area contributed by atoms with E-state index >= 15 is 0 Å². The highest BCUT2D eigenvalue weighted by Crippen LogP contribution is 2.24. The predicted octanol–water partition coefficient (Wildman–Crippen LogP) is 0.649. The molecule has 0 aliphatic heterocycles. The molecule has 8 heteroatoms. The van der Waals surface area contributed by atoms with Crippen LogP contribution in [0.5, 0.6) is 0 Å². The van der Waals surface area contributed by atoms with Gasteiger partial charge in [0.05, 0.1) is 11.5 Å². The number of hydrogen-bond acceptors (Lipinski definition) is 5. The summed E-state index contributed by atoms with van der Waals surface area (Å²) >= 11 is 5.87. The highest BCUT2D eigenvalue weighted by atomic mass is 32.2. The molecular formula is C9H14N2O3S3. The molecule has 0 amide bonds. The Morgan fingerprint density at radius 1 is 1.59 bits per heavy atom. The van der Waals surface area contributed by atoms with E-state index in [9.17, 15) is 8.42 Å². The molecule has 0 radical (unpaired) electrons. The first-order valence-corrected chi connectivity index (χ1v) is 7.41. The van der Waals surface area contributed by atoms with Crippen molar-refractivity contribution in [2.75, 3.05) is 27.3 Å². The molecule has 0 aliphatic carbocycles. The Bertz CT molecular complexity index is 495. The maximum atomic E-state index is 12.1. The molecule has 1 aromatic heterocycles. The Hall–Kier alpha value is -0.540. The summed E-state index contributed by atoms with van der Waals surface area (Å²) in [7, 11) is -0.434. The van der Waals surface area contributed by atoms with Gasteiger partial charge in [-0.05, 0) is 12.1 Å². The van der Waals surface area contributed by atoms with Crippen molar-refractivity contribution in [3.8, 4) is 0 Å². The molecule has 0 aromatic carbocycles. The summed E-state index contributed by atoms with van der Waals surface area (Å²) in [5.74, 6) is 0. The number of rotatable bonds is 6. The van der Waals surface area contributed by atoms with Crippen molar-refractivity contribution in [2.45, 2.75) is 4.21 Å². The molecule has 0 fully saturated rings. The van der Waals surface area contributed by atoms with E-state index in [2.05, 4.69) is 0 Å². The van der Waals surface area contributed by atoms with E-state index in [4.69, 9.17) is 22.7 Å². The molecule has 0 unspecified atom stereocenters. The number of nitrogens with two attached hydrogens (primary N) is 1. The minimum Gasteiger partial charge on any atom is -0.389 e. The number of sulfonamides is 1. The summed E-state index contributed by atoms with van der Waals surface area (Å²) in [6.07, 6.45) is 0. The number of methoxy groups -OCH3 is 1. The van der Waals surface area contributed by atoms with Gasteiger partial charge in [-0.3, -0.25) is 0 Å². The van der Waals surface area contributed by atoms with E-state index in [0.29, 0.717) is 18.0 Å². The first-order chi connectivity index (χ1) is 7.89. The van der Waals surface area contributed by atoms with Gasteiger partial charge >= 0.3 is 0 Å². The molecule has 0 aliphatic rings. The fourth-order valence-electron chi connectivity index (χ4n) is 1.08. The molecule has 0 bridgehead atoms. The van der Waals surface area contributed by atoms with Crippen LogP contribution in [0.15, 0.2) is 16.3 Å². The Morgan fingerprint density at radius 2 is 2.24 bits per heavy atom. The number of thiocarbonyl (C=S) groups is 1. The van der Waals surface area contributed by atoms with Crippen LogP contribution in [-0.2, 0) is 14.8 Å². The fourth-order valence-corrected chi connectivity index (χ4v) is 3.80. The van der Waals surface area contributed by atoms with Crippen LogP contribution in [-0.4, -0.2) is 45.0 Å². The van der Waals surface area contributed by atoms with E-state index < -0.39 is 10.0 Å². The van der Waals surface area contributed by atoms with E-state index in [1.54, 1.807) is 6.07 Å². The maximum Gasteiger partial charge on any atom is 0.252 e. The van der Waals surface area contributed by atoms with Gasteiger partial charge in [-0.1, -0.05) is 12.2 Å². The second-order valence-electron chi connectivity index (χ2n) is 3.30. The van der Waals surface area contributed by atoms with E-state index in [1.807, 2.05) is 0 Å². The van der Waals surface area contributed by atoms with E-state index in [0.717, 1.165) is 11.3 Å². The molecule has 0 saturated carbocycles. The SMILES string of the molecule is COCCN(C)S(=O)(=O)c1ccc(C(N)=S)s1. The number of hydrogen-bond donors (Lipinski definition) is 1. The molecular weight excluding hydrogens is 280 g/mol.